The Morgan fingerprint density at radius 1 is 0.950 bits per heavy atom. The van der Waals surface area contributed by atoms with Crippen molar-refractivity contribution in [2.45, 2.75) is 67.7 Å². The molecule has 0 aliphatic heterocycles. The van der Waals surface area contributed by atoms with Gasteiger partial charge in [0.2, 0.25) is 0 Å². The van der Waals surface area contributed by atoms with Crippen LogP contribution in [0.25, 0.3) is 0 Å². The smallest absolute Gasteiger partial charge is 0.0916 e. The van der Waals surface area contributed by atoms with E-state index >= 15 is 0 Å². The standard InChI is InChI=1S/C15H24Cl4O/c1-12(17)14(19)15(20)13(18)10-8-6-4-2-3-5-7-9-11-16/h8-15,20H,2-7H2,1H3/b10-8-,11-9+/t12-,13-,14-,15+/m0/s1. The van der Waals surface area contributed by atoms with Crippen molar-refractivity contribution in [1.82, 2.24) is 0 Å². The molecule has 1 N–H and O–H groups in total. The molecule has 0 bridgehead atoms. The Kier molecular flexibility index (Phi) is 13.7. The van der Waals surface area contributed by atoms with Crippen molar-refractivity contribution in [3.63, 3.8) is 0 Å². The van der Waals surface area contributed by atoms with Gasteiger partial charge in [-0.15, -0.1) is 34.8 Å². The summed E-state index contributed by atoms with van der Waals surface area (Å²) in [5.74, 6) is 0. The normalized spacial score (nSPS) is 18.5. The van der Waals surface area contributed by atoms with Gasteiger partial charge in [0, 0.05) is 10.9 Å². The number of alkyl halides is 3. The molecular formula is C15H24Cl4O. The number of hydrogen-bond acceptors (Lipinski definition) is 1. The van der Waals surface area contributed by atoms with Gasteiger partial charge in [0.25, 0.3) is 0 Å². The summed E-state index contributed by atoms with van der Waals surface area (Å²) >= 11 is 23.3. The van der Waals surface area contributed by atoms with Crippen LogP contribution in [0.5, 0.6) is 0 Å². The molecule has 0 aromatic rings. The molecule has 0 aliphatic carbocycles. The molecule has 118 valence electrons. The van der Waals surface area contributed by atoms with E-state index in [0.29, 0.717) is 0 Å². The van der Waals surface area contributed by atoms with Gasteiger partial charge in [0.1, 0.15) is 0 Å². The van der Waals surface area contributed by atoms with Crippen LogP contribution in [0, 0.1) is 0 Å². The maximum absolute atomic E-state index is 9.86. The Bertz CT molecular complexity index is 279. The number of aliphatic hydroxyl groups excluding tert-OH is 1. The zero-order chi connectivity index (χ0) is 15.4. The Morgan fingerprint density at radius 3 is 2.00 bits per heavy atom. The van der Waals surface area contributed by atoms with Crippen molar-refractivity contribution in [2.24, 2.45) is 0 Å². The SMILES string of the molecule is C[C@H](Cl)[C@H](Cl)[C@H](O)[C@@H](Cl)/C=C\CCCCCC/C=C/Cl. The third-order valence-corrected chi connectivity index (χ3v) is 4.61. The van der Waals surface area contributed by atoms with Gasteiger partial charge in [0.05, 0.1) is 16.9 Å². The van der Waals surface area contributed by atoms with Crippen LogP contribution in [0.1, 0.15) is 45.4 Å². The van der Waals surface area contributed by atoms with E-state index in [1.54, 1.807) is 18.5 Å². The van der Waals surface area contributed by atoms with Crippen molar-refractivity contribution < 1.29 is 5.11 Å². The minimum atomic E-state index is -0.829. The number of halogens is 4. The fourth-order valence-corrected chi connectivity index (χ4v) is 2.49. The third kappa shape index (κ3) is 10.3. The molecule has 0 spiro atoms. The lowest BCUT2D eigenvalue weighted by atomic mass is 10.1. The van der Waals surface area contributed by atoms with Gasteiger partial charge in [-0.1, -0.05) is 42.7 Å². The minimum Gasteiger partial charge on any atom is -0.390 e. The summed E-state index contributed by atoms with van der Waals surface area (Å²) in [6, 6.07) is 0. The van der Waals surface area contributed by atoms with E-state index in [1.807, 2.05) is 12.2 Å². The topological polar surface area (TPSA) is 20.2 Å². The molecule has 0 radical (unpaired) electrons. The summed E-state index contributed by atoms with van der Waals surface area (Å²) in [4.78, 5) is 0. The molecule has 0 unspecified atom stereocenters. The lowest BCUT2D eigenvalue weighted by Crippen LogP contribution is -2.34. The van der Waals surface area contributed by atoms with E-state index in [-0.39, 0.29) is 5.38 Å². The monoisotopic (exact) mass is 360 g/mol. The quantitative estimate of drug-likeness (QED) is 0.278. The number of hydrogen-bond donors (Lipinski definition) is 1. The molecule has 0 aliphatic rings. The first-order valence-corrected chi connectivity index (χ1v) is 8.77. The van der Waals surface area contributed by atoms with Crippen molar-refractivity contribution in [2.75, 3.05) is 0 Å². The lowest BCUT2D eigenvalue weighted by molar-refractivity contribution is 0.174. The molecular weight excluding hydrogens is 338 g/mol. The highest BCUT2D eigenvalue weighted by atomic mass is 35.5. The Hall–Kier alpha value is 0.600. The molecule has 5 heteroatoms. The van der Waals surface area contributed by atoms with Crippen LogP contribution in [0.15, 0.2) is 23.8 Å². The number of allylic oxidation sites excluding steroid dienone is 2. The second kappa shape index (κ2) is 13.3. The predicted molar refractivity (Wildman–Crippen MR) is 92.4 cm³/mol. The third-order valence-electron chi connectivity index (χ3n) is 2.99. The van der Waals surface area contributed by atoms with Crippen LogP contribution in [-0.4, -0.2) is 27.3 Å². The first-order valence-electron chi connectivity index (χ1n) is 7.02. The second-order valence-corrected chi connectivity index (χ2v) is 6.79. The molecule has 1 nitrogen and oxygen atoms in total. The molecule has 0 saturated heterocycles. The van der Waals surface area contributed by atoms with Gasteiger partial charge in [-0.05, 0) is 32.6 Å². The van der Waals surface area contributed by atoms with Gasteiger partial charge in [-0.3, -0.25) is 0 Å². The number of rotatable bonds is 11. The van der Waals surface area contributed by atoms with Crippen molar-refractivity contribution in [3.05, 3.63) is 23.8 Å². The van der Waals surface area contributed by atoms with E-state index in [1.165, 1.54) is 19.3 Å². The molecule has 0 fully saturated rings. The van der Waals surface area contributed by atoms with E-state index in [4.69, 9.17) is 46.4 Å². The molecule has 20 heavy (non-hydrogen) atoms. The summed E-state index contributed by atoms with van der Waals surface area (Å²) < 4.78 is 0. The second-order valence-electron chi connectivity index (χ2n) is 4.84. The summed E-state index contributed by atoms with van der Waals surface area (Å²) in [5.41, 5.74) is 1.57. The van der Waals surface area contributed by atoms with Crippen molar-refractivity contribution >= 4 is 46.4 Å². The van der Waals surface area contributed by atoms with Gasteiger partial charge < -0.3 is 5.11 Å². The molecule has 0 amide bonds. The van der Waals surface area contributed by atoms with E-state index in [0.717, 1.165) is 19.3 Å². The Morgan fingerprint density at radius 2 is 1.50 bits per heavy atom. The zero-order valence-electron chi connectivity index (χ0n) is 11.8. The molecule has 0 heterocycles. The molecule has 4 atom stereocenters. The molecule has 0 rings (SSSR count). The van der Waals surface area contributed by atoms with Crippen LogP contribution in [-0.2, 0) is 0 Å². The largest absolute Gasteiger partial charge is 0.390 e. The first-order chi connectivity index (χ1) is 9.50. The van der Waals surface area contributed by atoms with Crippen molar-refractivity contribution in [1.29, 1.82) is 0 Å². The zero-order valence-corrected chi connectivity index (χ0v) is 14.8. The van der Waals surface area contributed by atoms with E-state index in [2.05, 4.69) is 0 Å². The summed E-state index contributed by atoms with van der Waals surface area (Å²) in [6.07, 6.45) is 11.6. The number of unbranched alkanes of at least 4 members (excludes halogenated alkanes) is 5. The van der Waals surface area contributed by atoms with Gasteiger partial charge >= 0.3 is 0 Å². The highest BCUT2D eigenvalue weighted by Gasteiger charge is 2.26. The van der Waals surface area contributed by atoms with Crippen LogP contribution < -0.4 is 0 Å². The molecule has 0 aromatic heterocycles. The lowest BCUT2D eigenvalue weighted by Gasteiger charge is -2.21. The summed E-state index contributed by atoms with van der Waals surface area (Å²) in [5, 5.41) is 8.51. The van der Waals surface area contributed by atoms with Crippen LogP contribution in [0.2, 0.25) is 0 Å². The minimum absolute atomic E-state index is 0.316. The Labute approximate surface area is 142 Å². The maximum atomic E-state index is 9.86. The highest BCUT2D eigenvalue weighted by Crippen LogP contribution is 2.20. The van der Waals surface area contributed by atoms with E-state index < -0.39 is 16.9 Å². The van der Waals surface area contributed by atoms with Crippen molar-refractivity contribution in [3.8, 4) is 0 Å². The molecule has 0 aromatic carbocycles. The van der Waals surface area contributed by atoms with Crippen LogP contribution in [0.3, 0.4) is 0 Å². The Balaban J connectivity index is 3.68. The van der Waals surface area contributed by atoms with Gasteiger partial charge in [-0.25, -0.2) is 0 Å². The average Bonchev–Trinajstić information content (AvgIpc) is 2.43. The van der Waals surface area contributed by atoms with Gasteiger partial charge in [-0.2, -0.15) is 0 Å². The summed E-state index contributed by atoms with van der Waals surface area (Å²) in [6.45, 7) is 1.75. The van der Waals surface area contributed by atoms with Crippen LogP contribution in [0.4, 0.5) is 0 Å². The average molecular weight is 362 g/mol. The number of aliphatic hydroxyl groups is 1. The fourth-order valence-electron chi connectivity index (χ4n) is 1.73. The first kappa shape index (κ1) is 20.6. The van der Waals surface area contributed by atoms with E-state index in [9.17, 15) is 5.11 Å². The highest BCUT2D eigenvalue weighted by molar-refractivity contribution is 6.31. The molecule has 0 saturated carbocycles. The van der Waals surface area contributed by atoms with Gasteiger partial charge in [0.15, 0.2) is 0 Å². The summed E-state index contributed by atoms with van der Waals surface area (Å²) in [7, 11) is 0. The fraction of sp³-hybridized carbons (Fsp3) is 0.733. The maximum Gasteiger partial charge on any atom is 0.0916 e. The predicted octanol–water partition coefficient (Wildman–Crippen LogP) is 5.84. The van der Waals surface area contributed by atoms with Crippen LogP contribution >= 0.6 is 46.4 Å².